The summed E-state index contributed by atoms with van der Waals surface area (Å²) in [4.78, 5) is 11.8. The van der Waals surface area contributed by atoms with Gasteiger partial charge in [0.25, 0.3) is 0 Å². The molecule has 4 nitrogen and oxygen atoms in total. The zero-order valence-corrected chi connectivity index (χ0v) is 11.5. The van der Waals surface area contributed by atoms with Gasteiger partial charge in [0.15, 0.2) is 0 Å². The van der Waals surface area contributed by atoms with Crippen molar-refractivity contribution in [3.8, 4) is 0 Å². The van der Waals surface area contributed by atoms with Crippen molar-refractivity contribution in [3.05, 3.63) is 22.7 Å². The van der Waals surface area contributed by atoms with Crippen LogP contribution in [0.3, 0.4) is 0 Å². The Balaban J connectivity index is 2.19. The van der Waals surface area contributed by atoms with Gasteiger partial charge in [0, 0.05) is 17.8 Å². The lowest BCUT2D eigenvalue weighted by Gasteiger charge is -2.20. The summed E-state index contributed by atoms with van der Waals surface area (Å²) in [5.74, 6) is 0. The molecule has 5 heteroatoms. The summed E-state index contributed by atoms with van der Waals surface area (Å²) in [6.45, 7) is 6.33. The molecule has 0 fully saturated rings. The Bertz CT molecular complexity index is 481. The number of ether oxygens (including phenoxy) is 1. The standard InChI is InChI=1S/C13H17ClN2O2/c1-13(2,3)18-12(17)16-11-8-6-7-15-10(8)5-4-9(11)14/h4-5,15H,6-7H2,1-3H3,(H,16,17). The van der Waals surface area contributed by atoms with Gasteiger partial charge in [0.05, 0.1) is 10.7 Å². The summed E-state index contributed by atoms with van der Waals surface area (Å²) < 4.78 is 5.23. The van der Waals surface area contributed by atoms with Crippen LogP contribution in [0.25, 0.3) is 0 Å². The smallest absolute Gasteiger partial charge is 0.412 e. The van der Waals surface area contributed by atoms with Gasteiger partial charge in [-0.05, 0) is 39.3 Å². The van der Waals surface area contributed by atoms with E-state index >= 15 is 0 Å². The van der Waals surface area contributed by atoms with E-state index in [2.05, 4.69) is 10.6 Å². The van der Waals surface area contributed by atoms with E-state index in [1.165, 1.54) is 0 Å². The summed E-state index contributed by atoms with van der Waals surface area (Å²) in [6.07, 6.45) is 0.366. The number of fused-ring (bicyclic) bond motifs is 1. The molecule has 0 radical (unpaired) electrons. The summed E-state index contributed by atoms with van der Waals surface area (Å²) in [6, 6.07) is 3.69. The molecular weight excluding hydrogens is 252 g/mol. The first-order valence-electron chi connectivity index (χ1n) is 5.92. The van der Waals surface area contributed by atoms with Crippen molar-refractivity contribution in [3.63, 3.8) is 0 Å². The van der Waals surface area contributed by atoms with E-state index in [0.717, 1.165) is 24.2 Å². The van der Waals surface area contributed by atoms with E-state index in [-0.39, 0.29) is 0 Å². The maximum absolute atomic E-state index is 11.8. The highest BCUT2D eigenvalue weighted by Gasteiger charge is 2.21. The second-order valence-electron chi connectivity index (χ2n) is 5.25. The number of amides is 1. The number of hydrogen-bond donors (Lipinski definition) is 2. The third-order valence-corrected chi connectivity index (χ3v) is 2.89. The van der Waals surface area contributed by atoms with Crippen molar-refractivity contribution in [1.29, 1.82) is 0 Å². The van der Waals surface area contributed by atoms with Crippen LogP contribution in [-0.4, -0.2) is 18.2 Å². The van der Waals surface area contributed by atoms with Gasteiger partial charge in [-0.15, -0.1) is 0 Å². The van der Waals surface area contributed by atoms with Crippen molar-refractivity contribution < 1.29 is 9.53 Å². The second kappa shape index (κ2) is 4.69. The van der Waals surface area contributed by atoms with Crippen molar-refractivity contribution >= 4 is 29.1 Å². The predicted octanol–water partition coefficient (Wildman–Crippen LogP) is 3.66. The first-order valence-corrected chi connectivity index (χ1v) is 6.30. The maximum Gasteiger partial charge on any atom is 0.412 e. The van der Waals surface area contributed by atoms with Crippen molar-refractivity contribution in [2.75, 3.05) is 17.2 Å². The number of halogens is 1. The fourth-order valence-electron chi connectivity index (χ4n) is 1.91. The van der Waals surface area contributed by atoms with E-state index in [4.69, 9.17) is 16.3 Å². The van der Waals surface area contributed by atoms with Crippen LogP contribution >= 0.6 is 11.6 Å². The van der Waals surface area contributed by atoms with Crippen LogP contribution in [0.4, 0.5) is 16.2 Å². The second-order valence-corrected chi connectivity index (χ2v) is 5.66. The minimum absolute atomic E-state index is 0.482. The van der Waals surface area contributed by atoms with Crippen LogP contribution in [0.15, 0.2) is 12.1 Å². The molecule has 1 aromatic rings. The summed E-state index contributed by atoms with van der Waals surface area (Å²) in [5, 5.41) is 6.50. The van der Waals surface area contributed by atoms with Gasteiger partial charge >= 0.3 is 6.09 Å². The molecule has 0 atom stereocenters. The highest BCUT2D eigenvalue weighted by molar-refractivity contribution is 6.34. The van der Waals surface area contributed by atoms with E-state index in [0.29, 0.717) is 10.7 Å². The zero-order chi connectivity index (χ0) is 13.3. The Morgan fingerprint density at radius 3 is 2.83 bits per heavy atom. The lowest BCUT2D eigenvalue weighted by molar-refractivity contribution is 0.0636. The minimum Gasteiger partial charge on any atom is -0.444 e. The Morgan fingerprint density at radius 2 is 2.17 bits per heavy atom. The zero-order valence-electron chi connectivity index (χ0n) is 10.8. The van der Waals surface area contributed by atoms with Gasteiger partial charge in [-0.25, -0.2) is 4.79 Å². The number of carbonyl (C=O) groups is 1. The van der Waals surface area contributed by atoms with Gasteiger partial charge < -0.3 is 10.1 Å². The topological polar surface area (TPSA) is 50.4 Å². The molecule has 0 aliphatic carbocycles. The first kappa shape index (κ1) is 13.0. The largest absolute Gasteiger partial charge is 0.444 e. The number of hydrogen-bond acceptors (Lipinski definition) is 3. The molecule has 1 aliphatic heterocycles. The molecule has 18 heavy (non-hydrogen) atoms. The van der Waals surface area contributed by atoms with Crippen molar-refractivity contribution in [2.45, 2.75) is 32.8 Å². The van der Waals surface area contributed by atoms with Crippen LogP contribution in [0.2, 0.25) is 5.02 Å². The summed E-state index contributed by atoms with van der Waals surface area (Å²) in [5.41, 5.74) is 2.18. The number of nitrogens with one attached hydrogen (secondary N) is 2. The minimum atomic E-state index is -0.521. The Labute approximate surface area is 112 Å². The fraction of sp³-hybridized carbons (Fsp3) is 0.462. The van der Waals surface area contributed by atoms with E-state index in [1.807, 2.05) is 26.8 Å². The lowest BCUT2D eigenvalue weighted by atomic mass is 10.1. The number of anilines is 2. The van der Waals surface area contributed by atoms with Crippen molar-refractivity contribution in [1.82, 2.24) is 0 Å². The van der Waals surface area contributed by atoms with Crippen LogP contribution in [0.1, 0.15) is 26.3 Å². The molecule has 0 spiro atoms. The normalized spacial score (nSPS) is 13.8. The molecule has 2 rings (SSSR count). The molecule has 1 heterocycles. The summed E-state index contributed by atoms with van der Waals surface area (Å²) >= 11 is 6.13. The van der Waals surface area contributed by atoms with E-state index in [1.54, 1.807) is 6.07 Å². The highest BCUT2D eigenvalue weighted by atomic mass is 35.5. The molecular formula is C13H17ClN2O2. The van der Waals surface area contributed by atoms with Crippen LogP contribution in [0, 0.1) is 0 Å². The van der Waals surface area contributed by atoms with Gasteiger partial charge in [-0.2, -0.15) is 0 Å². The molecule has 1 amide bonds. The molecule has 0 bridgehead atoms. The third-order valence-electron chi connectivity index (χ3n) is 2.58. The molecule has 98 valence electrons. The van der Waals surface area contributed by atoms with E-state index in [9.17, 15) is 4.79 Å². The average molecular weight is 269 g/mol. The van der Waals surface area contributed by atoms with Gasteiger partial charge in [0.1, 0.15) is 5.60 Å². The number of rotatable bonds is 1. The number of benzene rings is 1. The molecule has 2 N–H and O–H groups in total. The lowest BCUT2D eigenvalue weighted by Crippen LogP contribution is -2.27. The Kier molecular flexibility index (Phi) is 3.39. The molecule has 0 aromatic heterocycles. The van der Waals surface area contributed by atoms with Crippen LogP contribution < -0.4 is 10.6 Å². The van der Waals surface area contributed by atoms with Crippen LogP contribution in [-0.2, 0) is 11.2 Å². The Hall–Kier alpha value is -1.42. The predicted molar refractivity (Wildman–Crippen MR) is 73.5 cm³/mol. The van der Waals surface area contributed by atoms with Crippen LogP contribution in [0.5, 0.6) is 0 Å². The quantitative estimate of drug-likeness (QED) is 0.817. The average Bonchev–Trinajstić information content (AvgIpc) is 2.67. The van der Waals surface area contributed by atoms with Gasteiger partial charge in [-0.3, -0.25) is 5.32 Å². The van der Waals surface area contributed by atoms with Gasteiger partial charge in [0.2, 0.25) is 0 Å². The van der Waals surface area contributed by atoms with Gasteiger partial charge in [-0.1, -0.05) is 11.6 Å². The number of carbonyl (C=O) groups excluding carboxylic acids is 1. The molecule has 1 aliphatic rings. The van der Waals surface area contributed by atoms with Crippen molar-refractivity contribution in [2.24, 2.45) is 0 Å². The monoisotopic (exact) mass is 268 g/mol. The molecule has 0 saturated heterocycles. The maximum atomic E-state index is 11.8. The highest BCUT2D eigenvalue weighted by Crippen LogP contribution is 2.35. The first-order chi connectivity index (χ1) is 8.37. The summed E-state index contributed by atoms with van der Waals surface area (Å²) in [7, 11) is 0. The third kappa shape index (κ3) is 2.88. The molecule has 0 saturated carbocycles. The molecule has 0 unspecified atom stereocenters. The molecule has 1 aromatic carbocycles. The SMILES string of the molecule is CC(C)(C)OC(=O)Nc1c(Cl)ccc2c1CCN2. The fourth-order valence-corrected chi connectivity index (χ4v) is 2.13. The van der Waals surface area contributed by atoms with E-state index < -0.39 is 11.7 Å². The Morgan fingerprint density at radius 1 is 1.44 bits per heavy atom.